The third kappa shape index (κ3) is 7.61. The Hall–Kier alpha value is -5.00. The first-order chi connectivity index (χ1) is 24.6. The van der Waals surface area contributed by atoms with Crippen LogP contribution >= 0.6 is 0 Å². The second-order valence-corrected chi connectivity index (χ2v) is 13.4. The van der Waals surface area contributed by atoms with Crippen LogP contribution in [0.1, 0.15) is 68.5 Å². The fraction of sp³-hybridized carbons (Fsp3) is 0.444. The number of anilines is 1. The number of rotatable bonds is 8. The van der Waals surface area contributed by atoms with E-state index in [0.29, 0.717) is 22.3 Å². The van der Waals surface area contributed by atoms with Crippen molar-refractivity contribution < 1.29 is 53.4 Å². The Morgan fingerprint density at radius 2 is 1.48 bits per heavy atom. The van der Waals surface area contributed by atoms with E-state index >= 15 is 0 Å². The molecule has 0 saturated carbocycles. The van der Waals surface area contributed by atoms with Crippen LogP contribution in [0.3, 0.4) is 0 Å². The van der Waals surface area contributed by atoms with Gasteiger partial charge < -0.3 is 44.7 Å². The standard InChI is InChI=1S/C24H26O7.C12H17N5O4/c1-15(2)19-20(30-21(26)17-11-7-5-8-12-17)24(4,23(29-19)28-16(3)25)31-22(27)18-13-9-6-10-14-18;1-5(18)7-8(19)12(2,20)11(21-7)17-4-16-6-9(13)14-3-15-10(6)17/h5-15,19-20,23H,1-4H3;3-5,7-8,11,18-20H,1-2H3,(H2,13,14,15)/t19-,20-,23?,24-;5?,7-,8-,11-,12-/m11/s1. The summed E-state index contributed by atoms with van der Waals surface area (Å²) >= 11 is 0. The van der Waals surface area contributed by atoms with Gasteiger partial charge in [0.25, 0.3) is 0 Å². The van der Waals surface area contributed by atoms with Crippen LogP contribution < -0.4 is 5.73 Å². The Morgan fingerprint density at radius 3 is 2.02 bits per heavy atom. The smallest absolute Gasteiger partial charge is 0.339 e. The Kier molecular flexibility index (Phi) is 11.3. The molecule has 0 amide bonds. The summed E-state index contributed by atoms with van der Waals surface area (Å²) in [5, 5.41) is 30.4. The van der Waals surface area contributed by atoms with Crippen LogP contribution in [-0.2, 0) is 28.5 Å². The van der Waals surface area contributed by atoms with Gasteiger partial charge in [0, 0.05) is 6.92 Å². The first-order valence-electron chi connectivity index (χ1n) is 16.6. The zero-order valence-corrected chi connectivity index (χ0v) is 29.5. The van der Waals surface area contributed by atoms with E-state index in [4.69, 9.17) is 29.4 Å². The lowest BCUT2D eigenvalue weighted by Crippen LogP contribution is -2.52. The highest BCUT2D eigenvalue weighted by Gasteiger charge is 2.61. The minimum Gasteiger partial charge on any atom is -0.451 e. The summed E-state index contributed by atoms with van der Waals surface area (Å²) in [6.07, 6.45) is -4.27. The Labute approximate surface area is 299 Å². The number of carbonyl (C=O) groups excluding carboxylic acids is 3. The topological polar surface area (TPSA) is 228 Å². The molecule has 2 fully saturated rings. The number of benzene rings is 2. The van der Waals surface area contributed by atoms with E-state index in [9.17, 15) is 29.7 Å². The van der Waals surface area contributed by atoms with Gasteiger partial charge in [0.2, 0.25) is 11.9 Å². The number of carbonyl (C=O) groups is 3. The van der Waals surface area contributed by atoms with Gasteiger partial charge in [-0.15, -0.1) is 0 Å². The maximum Gasteiger partial charge on any atom is 0.339 e. The van der Waals surface area contributed by atoms with Gasteiger partial charge in [-0.05, 0) is 51.0 Å². The van der Waals surface area contributed by atoms with Crippen LogP contribution in [0.5, 0.6) is 0 Å². The highest BCUT2D eigenvalue weighted by molar-refractivity contribution is 5.90. The summed E-state index contributed by atoms with van der Waals surface area (Å²) in [5.41, 5.74) is 3.96. The molecule has 2 aliphatic heterocycles. The molecule has 4 heterocycles. The fourth-order valence-corrected chi connectivity index (χ4v) is 6.10. The van der Waals surface area contributed by atoms with E-state index in [1.54, 1.807) is 67.6 Å². The lowest BCUT2D eigenvalue weighted by molar-refractivity contribution is -0.206. The lowest BCUT2D eigenvalue weighted by Gasteiger charge is -2.34. The van der Waals surface area contributed by atoms with Gasteiger partial charge in [-0.2, -0.15) is 0 Å². The molecule has 2 aliphatic rings. The maximum atomic E-state index is 12.9. The van der Waals surface area contributed by atoms with E-state index in [1.807, 2.05) is 13.8 Å². The largest absolute Gasteiger partial charge is 0.451 e. The quantitative estimate of drug-likeness (QED) is 0.151. The Morgan fingerprint density at radius 1 is 0.885 bits per heavy atom. The van der Waals surface area contributed by atoms with Gasteiger partial charge in [0.1, 0.15) is 35.8 Å². The van der Waals surface area contributed by atoms with Crippen LogP contribution in [0.2, 0.25) is 0 Å². The van der Waals surface area contributed by atoms with Gasteiger partial charge in [0.15, 0.2) is 23.8 Å². The van der Waals surface area contributed by atoms with Crippen LogP contribution in [0.15, 0.2) is 73.3 Å². The van der Waals surface area contributed by atoms with Gasteiger partial charge in [-0.1, -0.05) is 50.2 Å². The highest BCUT2D eigenvalue weighted by Crippen LogP contribution is 2.42. The fourth-order valence-electron chi connectivity index (χ4n) is 6.10. The van der Waals surface area contributed by atoms with Crippen molar-refractivity contribution in [3.63, 3.8) is 0 Å². The molecule has 2 saturated heterocycles. The van der Waals surface area contributed by atoms with Crippen LogP contribution in [-0.4, -0.2) is 101 Å². The van der Waals surface area contributed by atoms with Crippen molar-refractivity contribution in [1.29, 1.82) is 0 Å². The van der Waals surface area contributed by atoms with Crippen molar-refractivity contribution in [3.05, 3.63) is 84.4 Å². The summed E-state index contributed by atoms with van der Waals surface area (Å²) in [6.45, 7) is 9.45. The lowest BCUT2D eigenvalue weighted by atomic mass is 9.91. The monoisotopic (exact) mass is 721 g/mol. The van der Waals surface area contributed by atoms with Crippen molar-refractivity contribution in [2.75, 3.05) is 5.73 Å². The molecule has 4 aromatic rings. The van der Waals surface area contributed by atoms with Gasteiger partial charge in [-0.3, -0.25) is 9.36 Å². The molecule has 0 spiro atoms. The number of aliphatic hydroxyl groups is 3. The number of ether oxygens (including phenoxy) is 5. The molecule has 2 unspecified atom stereocenters. The summed E-state index contributed by atoms with van der Waals surface area (Å²) in [4.78, 5) is 49.4. The van der Waals surface area contributed by atoms with Crippen molar-refractivity contribution >= 4 is 34.9 Å². The second-order valence-electron chi connectivity index (χ2n) is 13.4. The average Bonchev–Trinajstić information content (AvgIpc) is 3.72. The van der Waals surface area contributed by atoms with E-state index in [1.165, 1.54) is 38.0 Å². The molecule has 16 nitrogen and oxygen atoms in total. The van der Waals surface area contributed by atoms with Crippen LogP contribution in [0.25, 0.3) is 11.2 Å². The molecule has 52 heavy (non-hydrogen) atoms. The number of nitrogens with two attached hydrogens (primary N) is 1. The van der Waals surface area contributed by atoms with Gasteiger partial charge in [0.05, 0.1) is 23.6 Å². The molecule has 0 bridgehead atoms. The Balaban J connectivity index is 0.000000216. The summed E-state index contributed by atoms with van der Waals surface area (Å²) in [7, 11) is 0. The molecule has 0 radical (unpaired) electrons. The summed E-state index contributed by atoms with van der Waals surface area (Å²) in [5.74, 6) is -1.75. The molecule has 16 heteroatoms. The first kappa shape index (κ1) is 38.2. The minimum absolute atomic E-state index is 0.121. The molecule has 0 aliphatic carbocycles. The maximum absolute atomic E-state index is 12.9. The molecule has 5 N–H and O–H groups in total. The number of hydrogen-bond donors (Lipinski definition) is 4. The SMILES string of the molecule is CC(=O)OC1O[C@H](C(C)C)[C@@H](OC(=O)c2ccccc2)[C@@]1(C)OC(=O)c1ccccc1.CC(O)[C@H]1O[C@@H](n2cnc3c(N)ncnc32)[C@](C)(O)[C@@H]1O. The second kappa shape index (κ2) is 15.3. The van der Waals surface area contributed by atoms with E-state index in [-0.39, 0.29) is 11.7 Å². The Bertz CT molecular complexity index is 1870. The number of aliphatic hydroxyl groups excluding tert-OH is 2. The molecule has 9 atom stereocenters. The van der Waals surface area contributed by atoms with Crippen molar-refractivity contribution in [2.24, 2.45) is 5.92 Å². The predicted octanol–water partition coefficient (Wildman–Crippen LogP) is 2.57. The number of hydrogen-bond acceptors (Lipinski definition) is 15. The number of fused-ring (bicyclic) bond motifs is 1. The van der Waals surface area contributed by atoms with E-state index in [2.05, 4.69) is 15.0 Å². The molecular formula is C36H43N5O11. The number of nitrogen functional groups attached to an aromatic ring is 1. The number of esters is 3. The van der Waals surface area contributed by atoms with Gasteiger partial charge in [-0.25, -0.2) is 24.5 Å². The predicted molar refractivity (Wildman–Crippen MR) is 183 cm³/mol. The highest BCUT2D eigenvalue weighted by atomic mass is 16.8. The summed E-state index contributed by atoms with van der Waals surface area (Å²) < 4.78 is 30.0. The molecule has 278 valence electrons. The number of imidazole rings is 1. The normalized spacial score (nSPS) is 28.9. The van der Waals surface area contributed by atoms with Gasteiger partial charge >= 0.3 is 17.9 Å². The van der Waals surface area contributed by atoms with Crippen LogP contribution in [0.4, 0.5) is 5.82 Å². The van der Waals surface area contributed by atoms with Crippen molar-refractivity contribution in [2.45, 2.75) is 95.8 Å². The number of nitrogens with zero attached hydrogens (tertiary/aromatic N) is 4. The molecule has 6 rings (SSSR count). The minimum atomic E-state index is -1.62. The molecular weight excluding hydrogens is 678 g/mol. The van der Waals surface area contributed by atoms with Crippen molar-refractivity contribution in [3.8, 4) is 0 Å². The van der Waals surface area contributed by atoms with Crippen molar-refractivity contribution in [1.82, 2.24) is 19.5 Å². The zero-order chi connectivity index (χ0) is 38.0. The first-order valence-corrected chi connectivity index (χ1v) is 16.6. The zero-order valence-electron chi connectivity index (χ0n) is 29.5. The average molecular weight is 722 g/mol. The van der Waals surface area contributed by atoms with Crippen LogP contribution in [0, 0.1) is 5.92 Å². The van der Waals surface area contributed by atoms with E-state index in [0.717, 1.165) is 0 Å². The third-order valence-corrected chi connectivity index (χ3v) is 8.92. The third-order valence-electron chi connectivity index (χ3n) is 8.92. The number of aromatic nitrogens is 4. The molecule has 2 aromatic carbocycles. The summed E-state index contributed by atoms with van der Waals surface area (Å²) in [6, 6.07) is 16.9. The molecule has 2 aromatic heterocycles. The van der Waals surface area contributed by atoms with E-state index < -0.39 is 72.1 Å².